The van der Waals surface area contributed by atoms with Gasteiger partial charge in [0.1, 0.15) is 6.04 Å². The van der Waals surface area contributed by atoms with Gasteiger partial charge in [0, 0.05) is 70.3 Å². The third-order valence-electron chi connectivity index (χ3n) is 4.44. The fraction of sp³-hybridized carbons (Fsp3) is 0.562. The minimum atomic E-state index is -0.330. The van der Waals surface area contributed by atoms with Gasteiger partial charge in [-0.25, -0.2) is 0 Å². The second-order valence-electron chi connectivity index (χ2n) is 6.29. The third-order valence-corrected chi connectivity index (χ3v) is 4.44. The maximum absolute atomic E-state index is 12.8. The van der Waals surface area contributed by atoms with Crippen molar-refractivity contribution in [3.05, 3.63) is 35.9 Å². The van der Waals surface area contributed by atoms with Crippen LogP contribution in [0.1, 0.15) is 17.2 Å². The first-order chi connectivity index (χ1) is 11.6. The van der Waals surface area contributed by atoms with Gasteiger partial charge in [-0.15, -0.1) is 0 Å². The molecule has 0 bridgehead atoms. The summed E-state index contributed by atoms with van der Waals surface area (Å²) in [5.74, 6) is 0.117. The van der Waals surface area contributed by atoms with E-state index >= 15 is 0 Å². The van der Waals surface area contributed by atoms with Gasteiger partial charge in [0.05, 0.1) is 12.4 Å². The number of rotatable bonds is 5. The largest absolute Gasteiger partial charge is 0.338 e. The Hall–Kier alpha value is -2.19. The molecule has 1 amide bonds. The molecule has 0 aliphatic carbocycles. The van der Waals surface area contributed by atoms with E-state index in [2.05, 4.69) is 20.4 Å². The van der Waals surface area contributed by atoms with Crippen LogP contribution in [0.5, 0.6) is 0 Å². The molecule has 0 radical (unpaired) electrons. The zero-order valence-electron chi connectivity index (χ0n) is 14.5. The lowest BCUT2D eigenvalue weighted by Gasteiger charge is -2.36. The molecule has 1 unspecified atom stereocenters. The number of aryl methyl sites for hydroxylation is 2. The second-order valence-corrected chi connectivity index (χ2v) is 6.29. The van der Waals surface area contributed by atoms with E-state index in [0.29, 0.717) is 0 Å². The number of aromatic nitrogens is 4. The van der Waals surface area contributed by atoms with Crippen LogP contribution in [-0.4, -0.2) is 68.5 Å². The first-order valence-corrected chi connectivity index (χ1v) is 8.21. The summed E-state index contributed by atoms with van der Waals surface area (Å²) in [6, 6.07) is -0.330. The molecule has 1 aliphatic heterocycles. The smallest absolute Gasteiger partial charge is 0.244 e. The number of carbonyl (C=O) groups excluding carboxylic acids is 1. The maximum atomic E-state index is 12.8. The Morgan fingerprint density at radius 3 is 2.33 bits per heavy atom. The first-order valence-electron chi connectivity index (χ1n) is 8.21. The molecule has 24 heavy (non-hydrogen) atoms. The van der Waals surface area contributed by atoms with Crippen LogP contribution in [0, 0.1) is 0 Å². The average molecular weight is 331 g/mol. The number of hydrogen-bond donors (Lipinski definition) is 1. The second kappa shape index (κ2) is 7.14. The lowest BCUT2D eigenvalue weighted by Crippen LogP contribution is -2.51. The predicted octanol–water partition coefficient (Wildman–Crippen LogP) is -0.241. The number of hydrogen-bond acceptors (Lipinski definition) is 5. The summed E-state index contributed by atoms with van der Waals surface area (Å²) < 4.78 is 3.54. The lowest BCUT2D eigenvalue weighted by atomic mass is 10.1. The molecule has 2 aromatic rings. The highest BCUT2D eigenvalue weighted by Gasteiger charge is 2.28. The molecule has 3 rings (SSSR count). The van der Waals surface area contributed by atoms with Crippen molar-refractivity contribution >= 4 is 5.91 Å². The molecule has 1 aliphatic rings. The number of nitrogens with one attached hydrogen (secondary N) is 1. The molecule has 1 fully saturated rings. The third kappa shape index (κ3) is 3.65. The highest BCUT2D eigenvalue weighted by molar-refractivity contribution is 5.83. The van der Waals surface area contributed by atoms with Gasteiger partial charge in [0.25, 0.3) is 0 Å². The molecule has 3 heterocycles. The number of amides is 1. The number of piperazine rings is 1. The Balaban J connectivity index is 1.56. The van der Waals surface area contributed by atoms with Crippen LogP contribution in [-0.2, 0) is 25.4 Å². The molecule has 1 N–H and O–H groups in total. The van der Waals surface area contributed by atoms with Gasteiger partial charge in [0.15, 0.2) is 0 Å². The van der Waals surface area contributed by atoms with Gasteiger partial charge >= 0.3 is 0 Å². The van der Waals surface area contributed by atoms with Crippen molar-refractivity contribution in [1.29, 1.82) is 0 Å². The molecule has 0 spiro atoms. The van der Waals surface area contributed by atoms with Crippen molar-refractivity contribution in [3.63, 3.8) is 0 Å². The minimum absolute atomic E-state index is 0.117. The quantitative estimate of drug-likeness (QED) is 0.819. The van der Waals surface area contributed by atoms with Crippen molar-refractivity contribution in [2.45, 2.75) is 12.6 Å². The SMILES string of the molecule is CNC(C(=O)N1CCN(Cc2cnn(C)c2)CC1)c1cnn(C)c1. The van der Waals surface area contributed by atoms with Gasteiger partial charge in [-0.3, -0.25) is 19.1 Å². The Morgan fingerprint density at radius 1 is 1.12 bits per heavy atom. The fourth-order valence-corrected chi connectivity index (χ4v) is 3.14. The Labute approximate surface area is 142 Å². The Morgan fingerprint density at radius 2 is 1.79 bits per heavy atom. The maximum Gasteiger partial charge on any atom is 0.244 e. The molecule has 2 aromatic heterocycles. The van der Waals surface area contributed by atoms with E-state index in [1.165, 1.54) is 5.56 Å². The predicted molar refractivity (Wildman–Crippen MR) is 90.1 cm³/mol. The Kier molecular flexibility index (Phi) is 4.96. The first kappa shape index (κ1) is 16.7. The molecule has 0 aromatic carbocycles. The molecule has 8 nitrogen and oxygen atoms in total. The molecule has 1 saturated heterocycles. The van der Waals surface area contributed by atoms with Crippen molar-refractivity contribution in [2.24, 2.45) is 14.1 Å². The number of nitrogens with zero attached hydrogens (tertiary/aromatic N) is 6. The fourth-order valence-electron chi connectivity index (χ4n) is 3.14. The topological polar surface area (TPSA) is 71.2 Å². The van der Waals surface area contributed by atoms with Gasteiger partial charge in [-0.2, -0.15) is 10.2 Å². The van der Waals surface area contributed by atoms with E-state index < -0.39 is 0 Å². The highest BCUT2D eigenvalue weighted by Crippen LogP contribution is 2.16. The summed E-state index contributed by atoms with van der Waals surface area (Å²) in [5.41, 5.74) is 2.11. The van der Waals surface area contributed by atoms with E-state index in [1.54, 1.807) is 10.9 Å². The van der Waals surface area contributed by atoms with Crippen LogP contribution in [0.3, 0.4) is 0 Å². The minimum Gasteiger partial charge on any atom is -0.338 e. The normalized spacial score (nSPS) is 17.2. The summed E-state index contributed by atoms with van der Waals surface area (Å²) in [6.07, 6.45) is 7.57. The van der Waals surface area contributed by atoms with Crippen molar-refractivity contribution in [3.8, 4) is 0 Å². The van der Waals surface area contributed by atoms with E-state index in [9.17, 15) is 4.79 Å². The zero-order chi connectivity index (χ0) is 17.1. The zero-order valence-corrected chi connectivity index (χ0v) is 14.5. The van der Waals surface area contributed by atoms with E-state index in [-0.39, 0.29) is 11.9 Å². The molecule has 0 saturated carbocycles. The average Bonchev–Trinajstić information content (AvgIpc) is 3.17. The van der Waals surface area contributed by atoms with E-state index in [0.717, 1.165) is 38.3 Å². The summed E-state index contributed by atoms with van der Waals surface area (Å²) >= 11 is 0. The van der Waals surface area contributed by atoms with Crippen LogP contribution in [0.2, 0.25) is 0 Å². The van der Waals surface area contributed by atoms with E-state index in [4.69, 9.17) is 0 Å². The molecule has 1 atom stereocenters. The van der Waals surface area contributed by atoms with Crippen LogP contribution in [0.4, 0.5) is 0 Å². The van der Waals surface area contributed by atoms with E-state index in [1.807, 2.05) is 49.3 Å². The van der Waals surface area contributed by atoms with Crippen LogP contribution in [0.25, 0.3) is 0 Å². The van der Waals surface area contributed by atoms with Gasteiger partial charge < -0.3 is 10.2 Å². The van der Waals surface area contributed by atoms with Gasteiger partial charge in [-0.05, 0) is 7.05 Å². The lowest BCUT2D eigenvalue weighted by molar-refractivity contribution is -0.135. The number of carbonyl (C=O) groups is 1. The monoisotopic (exact) mass is 331 g/mol. The highest BCUT2D eigenvalue weighted by atomic mass is 16.2. The molecular formula is C16H25N7O. The standard InChI is InChI=1S/C16H25N7O/c1-17-15(14-9-19-21(3)12-14)16(24)23-6-4-22(5-7-23)11-13-8-18-20(2)10-13/h8-10,12,15,17H,4-7,11H2,1-3H3. The summed E-state index contributed by atoms with van der Waals surface area (Å²) in [6.45, 7) is 4.14. The summed E-state index contributed by atoms with van der Waals surface area (Å²) in [5, 5.41) is 11.5. The summed E-state index contributed by atoms with van der Waals surface area (Å²) in [4.78, 5) is 17.1. The Bertz CT molecular complexity index is 684. The van der Waals surface area contributed by atoms with Crippen molar-refractivity contribution < 1.29 is 4.79 Å². The summed E-state index contributed by atoms with van der Waals surface area (Å²) in [7, 11) is 5.60. The van der Waals surface area contributed by atoms with Gasteiger partial charge in [0.2, 0.25) is 5.91 Å². The molecule has 130 valence electrons. The van der Waals surface area contributed by atoms with Crippen LogP contribution >= 0.6 is 0 Å². The van der Waals surface area contributed by atoms with Crippen LogP contribution < -0.4 is 5.32 Å². The number of likely N-dealkylation sites (N-methyl/N-ethyl adjacent to an activating group) is 1. The van der Waals surface area contributed by atoms with Crippen molar-refractivity contribution in [2.75, 3.05) is 33.2 Å². The molecule has 8 heteroatoms. The molecular weight excluding hydrogens is 306 g/mol. The van der Waals surface area contributed by atoms with Gasteiger partial charge in [-0.1, -0.05) is 0 Å². The van der Waals surface area contributed by atoms with Crippen LogP contribution in [0.15, 0.2) is 24.8 Å². The van der Waals surface area contributed by atoms with Crippen molar-refractivity contribution in [1.82, 2.24) is 34.7 Å².